The van der Waals surface area contributed by atoms with Gasteiger partial charge in [-0.1, -0.05) is 140 Å². The number of nitrogens with two attached hydrogens (primary N) is 1. The maximum Gasteiger partial charge on any atom is 0.108 e. The lowest BCUT2D eigenvalue weighted by molar-refractivity contribution is 0.531. The fourth-order valence-electron chi connectivity index (χ4n) is 10.1. The maximum atomic E-state index is 6.86. The van der Waals surface area contributed by atoms with Crippen LogP contribution in [0.3, 0.4) is 0 Å². The first-order chi connectivity index (χ1) is 28.5. The second-order valence-electron chi connectivity index (χ2n) is 15.7. The second-order valence-corrected chi connectivity index (χ2v) is 15.7. The van der Waals surface area contributed by atoms with Gasteiger partial charge < -0.3 is 15.2 Å². The highest BCUT2D eigenvalue weighted by molar-refractivity contribution is 6.09. The SMILES string of the molecule is C/C=C\C1=C(N)N(c2ccc(-c3ccc(-n4c5ccccc5c5nc6c(cc54)C(c4ccccc4)(c4ccccc4)c4ccccc4-6)cc3)cc2)C2C=CN=CC12C. The molecule has 0 saturated heterocycles. The third-order valence-electron chi connectivity index (χ3n) is 12.7. The molecule has 3 aliphatic rings. The van der Waals surface area contributed by atoms with Crippen molar-refractivity contribution in [2.75, 3.05) is 4.90 Å². The largest absolute Gasteiger partial charge is 0.385 e. The van der Waals surface area contributed by atoms with Gasteiger partial charge in [-0.3, -0.25) is 4.99 Å². The topological polar surface area (TPSA) is 59.4 Å². The molecule has 6 aromatic carbocycles. The van der Waals surface area contributed by atoms with Crippen molar-refractivity contribution in [3.8, 4) is 28.1 Å². The molecule has 2 aliphatic heterocycles. The summed E-state index contributed by atoms with van der Waals surface area (Å²) in [6.45, 7) is 4.24. The minimum atomic E-state index is -0.532. The molecule has 2 atom stereocenters. The lowest BCUT2D eigenvalue weighted by Gasteiger charge is -2.35. The van der Waals surface area contributed by atoms with E-state index < -0.39 is 5.41 Å². The van der Waals surface area contributed by atoms with Gasteiger partial charge in [0.2, 0.25) is 0 Å². The molecule has 58 heavy (non-hydrogen) atoms. The van der Waals surface area contributed by atoms with E-state index in [2.05, 4.69) is 203 Å². The zero-order valence-electron chi connectivity index (χ0n) is 32.4. The smallest absolute Gasteiger partial charge is 0.108 e. The summed E-state index contributed by atoms with van der Waals surface area (Å²) in [7, 11) is 0. The van der Waals surface area contributed by atoms with Crippen LogP contribution in [0, 0.1) is 5.41 Å². The van der Waals surface area contributed by atoms with Crippen LogP contribution in [0.15, 0.2) is 205 Å². The van der Waals surface area contributed by atoms with E-state index in [1.54, 1.807) is 0 Å². The van der Waals surface area contributed by atoms with E-state index in [0.29, 0.717) is 0 Å². The van der Waals surface area contributed by atoms with Crippen molar-refractivity contribution in [2.24, 2.45) is 16.1 Å². The van der Waals surface area contributed by atoms with Crippen LogP contribution in [0.2, 0.25) is 0 Å². The van der Waals surface area contributed by atoms with Gasteiger partial charge in [0.1, 0.15) is 5.82 Å². The van der Waals surface area contributed by atoms with Gasteiger partial charge in [-0.05, 0) is 84.1 Å². The summed E-state index contributed by atoms with van der Waals surface area (Å²) in [5.74, 6) is 0.765. The van der Waals surface area contributed by atoms with Crippen molar-refractivity contribution in [1.82, 2.24) is 9.55 Å². The van der Waals surface area contributed by atoms with Gasteiger partial charge in [0.05, 0.1) is 39.1 Å². The van der Waals surface area contributed by atoms with Crippen molar-refractivity contribution in [3.05, 3.63) is 222 Å². The summed E-state index contributed by atoms with van der Waals surface area (Å²) < 4.78 is 2.39. The number of rotatable bonds is 6. The van der Waals surface area contributed by atoms with Gasteiger partial charge in [-0.25, -0.2) is 4.98 Å². The number of nitrogens with zero attached hydrogens (tertiary/aromatic N) is 4. The van der Waals surface area contributed by atoms with Crippen LogP contribution in [-0.4, -0.2) is 21.8 Å². The van der Waals surface area contributed by atoms with E-state index in [-0.39, 0.29) is 11.5 Å². The van der Waals surface area contributed by atoms with Gasteiger partial charge >= 0.3 is 0 Å². The molecule has 5 nitrogen and oxygen atoms in total. The second kappa shape index (κ2) is 12.9. The zero-order valence-corrected chi connectivity index (χ0v) is 32.4. The van der Waals surface area contributed by atoms with Crippen LogP contribution >= 0.6 is 0 Å². The van der Waals surface area contributed by atoms with Crippen LogP contribution in [0.1, 0.15) is 36.1 Å². The maximum absolute atomic E-state index is 6.86. The van der Waals surface area contributed by atoms with E-state index >= 15 is 0 Å². The molecular formula is C53H41N5. The van der Waals surface area contributed by atoms with Crippen molar-refractivity contribution in [1.29, 1.82) is 0 Å². The molecule has 278 valence electrons. The molecule has 11 rings (SSSR count). The Hall–Kier alpha value is -7.24. The predicted octanol–water partition coefficient (Wildman–Crippen LogP) is 11.7. The fourth-order valence-corrected chi connectivity index (χ4v) is 10.1. The van der Waals surface area contributed by atoms with E-state index in [4.69, 9.17) is 10.7 Å². The number of aromatic nitrogens is 2. The highest BCUT2D eigenvalue weighted by atomic mass is 15.3. The molecule has 4 heterocycles. The van der Waals surface area contributed by atoms with Gasteiger partial charge in [0.25, 0.3) is 0 Å². The molecule has 2 aromatic heterocycles. The van der Waals surface area contributed by atoms with E-state index in [9.17, 15) is 0 Å². The minimum absolute atomic E-state index is 0.0583. The van der Waals surface area contributed by atoms with Crippen molar-refractivity contribution < 1.29 is 0 Å². The third-order valence-corrected chi connectivity index (χ3v) is 12.7. The normalized spacial score (nSPS) is 19.0. The molecule has 0 bridgehead atoms. The first-order valence-electron chi connectivity index (χ1n) is 20.0. The molecule has 0 fully saturated rings. The van der Waals surface area contributed by atoms with Crippen LogP contribution in [0.25, 0.3) is 50.0 Å². The van der Waals surface area contributed by atoms with Gasteiger partial charge in [0, 0.05) is 45.9 Å². The van der Waals surface area contributed by atoms with E-state index in [1.165, 1.54) is 27.8 Å². The molecule has 0 saturated carbocycles. The molecule has 0 amide bonds. The average molecular weight is 748 g/mol. The Balaban J connectivity index is 1.03. The lowest BCUT2D eigenvalue weighted by Crippen LogP contribution is -2.41. The molecular weight excluding hydrogens is 707 g/mol. The van der Waals surface area contributed by atoms with E-state index in [1.807, 2.05) is 19.3 Å². The monoisotopic (exact) mass is 747 g/mol. The zero-order chi connectivity index (χ0) is 39.0. The number of para-hydroxylation sites is 1. The number of pyridine rings is 1. The summed E-state index contributed by atoms with van der Waals surface area (Å²) in [5, 5.41) is 1.14. The first-order valence-corrected chi connectivity index (χ1v) is 20.0. The van der Waals surface area contributed by atoms with Crippen LogP contribution < -0.4 is 10.6 Å². The van der Waals surface area contributed by atoms with Gasteiger partial charge in [0.15, 0.2) is 0 Å². The molecule has 1 aliphatic carbocycles. The fraction of sp³-hybridized carbons (Fsp3) is 0.0943. The Labute approximate surface area is 338 Å². The number of anilines is 1. The summed E-state index contributed by atoms with van der Waals surface area (Å²) in [4.78, 5) is 12.4. The molecule has 5 heteroatoms. The number of allylic oxidation sites excluding steroid dienone is 2. The minimum Gasteiger partial charge on any atom is -0.385 e. The van der Waals surface area contributed by atoms with Crippen LogP contribution in [0.4, 0.5) is 5.69 Å². The lowest BCUT2D eigenvalue weighted by atomic mass is 9.68. The standard InChI is InChI=1S/C53H41N5/c1-3-14-44-51(54)58(48-31-32-55-34-52(44,48)2)40-29-25-36(26-30-40)35-23-27-39(28-24-35)57-46-22-13-11-20-42(46)50-47(57)33-45-49(56-50)41-19-10-12-21-43(41)53(45,37-15-6-4-7-16-37)38-17-8-5-9-18-38/h3-34,48H,54H2,1-2H3/b14-3-. The Morgan fingerprint density at radius 2 is 1.28 bits per heavy atom. The molecule has 2 unspecified atom stereocenters. The Morgan fingerprint density at radius 3 is 1.97 bits per heavy atom. The highest BCUT2D eigenvalue weighted by Gasteiger charge is 2.48. The van der Waals surface area contributed by atoms with Crippen molar-refractivity contribution in [2.45, 2.75) is 25.3 Å². The quantitative estimate of drug-likeness (QED) is 0.184. The predicted molar refractivity (Wildman–Crippen MR) is 239 cm³/mol. The van der Waals surface area contributed by atoms with Crippen LogP contribution in [0.5, 0.6) is 0 Å². The van der Waals surface area contributed by atoms with Gasteiger partial charge in [-0.15, -0.1) is 0 Å². The summed E-state index contributed by atoms with van der Waals surface area (Å²) in [6.07, 6.45) is 10.2. The molecule has 8 aromatic rings. The Kier molecular flexibility index (Phi) is 7.57. The number of hydrogen-bond acceptors (Lipinski definition) is 4. The molecule has 0 spiro atoms. The summed E-state index contributed by atoms with van der Waals surface area (Å²) in [5.41, 5.74) is 21.9. The van der Waals surface area contributed by atoms with Crippen molar-refractivity contribution in [3.63, 3.8) is 0 Å². The highest BCUT2D eigenvalue weighted by Crippen LogP contribution is 2.56. The van der Waals surface area contributed by atoms with E-state index in [0.717, 1.165) is 61.5 Å². The van der Waals surface area contributed by atoms with Gasteiger partial charge in [-0.2, -0.15) is 0 Å². The Morgan fingerprint density at radius 1 is 0.655 bits per heavy atom. The Bertz CT molecular complexity index is 2990. The number of fused-ring (bicyclic) bond motifs is 7. The number of hydrogen-bond donors (Lipinski definition) is 1. The molecule has 2 N–H and O–H groups in total. The summed E-state index contributed by atoms with van der Waals surface area (Å²) in [6, 6.07) is 59.5. The first kappa shape index (κ1) is 34.0. The number of aliphatic imine (C=N–C) groups is 1. The third kappa shape index (κ3) is 4.70. The van der Waals surface area contributed by atoms with Crippen LogP contribution in [-0.2, 0) is 5.41 Å². The molecule has 0 radical (unpaired) electrons. The average Bonchev–Trinajstić information content (AvgIpc) is 3.84. The number of benzene rings is 6. The van der Waals surface area contributed by atoms with Crippen molar-refractivity contribution >= 4 is 33.8 Å². The summed E-state index contributed by atoms with van der Waals surface area (Å²) >= 11 is 0.